The van der Waals surface area contributed by atoms with Gasteiger partial charge >= 0.3 is 6.09 Å². The van der Waals surface area contributed by atoms with Gasteiger partial charge < -0.3 is 10.5 Å². The van der Waals surface area contributed by atoms with E-state index in [1.54, 1.807) is 6.07 Å². The van der Waals surface area contributed by atoms with E-state index in [-0.39, 0.29) is 16.5 Å². The molecule has 0 radical (unpaired) electrons. The van der Waals surface area contributed by atoms with Gasteiger partial charge in [0.15, 0.2) is 0 Å². The number of methoxy groups -OCH3 is 1. The number of nitrogens with one attached hydrogen (secondary N) is 2. The van der Waals surface area contributed by atoms with Crippen molar-refractivity contribution in [2.45, 2.75) is 23.7 Å². The van der Waals surface area contributed by atoms with Crippen LogP contribution >= 0.6 is 0 Å². The molecule has 2 amide bonds. The van der Waals surface area contributed by atoms with Gasteiger partial charge in [-0.15, -0.1) is 0 Å². The van der Waals surface area contributed by atoms with Gasteiger partial charge in [-0.1, -0.05) is 0 Å². The summed E-state index contributed by atoms with van der Waals surface area (Å²) in [5.74, 6) is -0.522. The number of carbonyl (C=O) groups excluding carboxylic acids is 2. The molecule has 2 heterocycles. The molecule has 2 aromatic rings. The largest absolute Gasteiger partial charge is 0.453 e. The van der Waals surface area contributed by atoms with Crippen LogP contribution in [0.3, 0.4) is 0 Å². The second-order valence-electron chi connectivity index (χ2n) is 6.39. The zero-order valence-corrected chi connectivity index (χ0v) is 16.0. The summed E-state index contributed by atoms with van der Waals surface area (Å²) in [6, 6.07) is 7.52. The quantitative estimate of drug-likeness (QED) is 0.679. The van der Waals surface area contributed by atoms with Crippen molar-refractivity contribution in [3.8, 4) is 0 Å². The number of aromatic nitrogens is 2. The van der Waals surface area contributed by atoms with Gasteiger partial charge in [-0.2, -0.15) is 9.40 Å². The fraction of sp³-hybridized carbons (Fsp3) is 0.353. The lowest BCUT2D eigenvalue weighted by molar-refractivity contribution is 0.0995. The van der Waals surface area contributed by atoms with E-state index in [1.165, 1.54) is 35.7 Å². The van der Waals surface area contributed by atoms with E-state index in [0.29, 0.717) is 31.6 Å². The summed E-state index contributed by atoms with van der Waals surface area (Å²) in [6.45, 7) is 0.695. The number of primary amides is 1. The molecule has 0 aliphatic carbocycles. The van der Waals surface area contributed by atoms with Crippen LogP contribution in [0.5, 0.6) is 0 Å². The van der Waals surface area contributed by atoms with Crippen molar-refractivity contribution < 1.29 is 22.7 Å². The number of rotatable bonds is 5. The Bertz CT molecular complexity index is 962. The van der Waals surface area contributed by atoms with Gasteiger partial charge in [0.05, 0.1) is 12.0 Å². The van der Waals surface area contributed by atoms with Crippen LogP contribution in [0.4, 0.5) is 10.5 Å². The van der Waals surface area contributed by atoms with Crippen molar-refractivity contribution in [3.05, 3.63) is 41.7 Å². The number of piperidine rings is 1. The minimum atomic E-state index is -3.64. The molecule has 1 aromatic heterocycles. The summed E-state index contributed by atoms with van der Waals surface area (Å²) < 4.78 is 31.6. The normalized spacial score (nSPS) is 15.9. The summed E-state index contributed by atoms with van der Waals surface area (Å²) in [5, 5.41) is 9.15. The maximum absolute atomic E-state index is 12.8. The molecule has 1 aliphatic rings. The van der Waals surface area contributed by atoms with Gasteiger partial charge in [0.25, 0.3) is 5.91 Å². The van der Waals surface area contributed by atoms with Gasteiger partial charge in [-0.05, 0) is 43.2 Å². The van der Waals surface area contributed by atoms with Crippen molar-refractivity contribution in [2.24, 2.45) is 5.73 Å². The lowest BCUT2D eigenvalue weighted by Crippen LogP contribution is -2.37. The Morgan fingerprint density at radius 1 is 1.25 bits per heavy atom. The summed E-state index contributed by atoms with van der Waals surface area (Å²) >= 11 is 0. The molecule has 0 atom stereocenters. The van der Waals surface area contributed by atoms with Crippen molar-refractivity contribution in [1.29, 1.82) is 0 Å². The number of amides is 2. The Balaban J connectivity index is 1.65. The van der Waals surface area contributed by atoms with Crippen LogP contribution in [0.2, 0.25) is 0 Å². The first-order valence-electron chi connectivity index (χ1n) is 8.61. The second-order valence-corrected chi connectivity index (χ2v) is 8.33. The maximum atomic E-state index is 12.8. The minimum absolute atomic E-state index is 0.0821. The number of carbonyl (C=O) groups is 2. The van der Waals surface area contributed by atoms with Gasteiger partial charge in [0, 0.05) is 30.4 Å². The SMILES string of the molecule is COC(=O)Nc1ccc(S(=O)(=O)N2CCC(c3cc(C(N)=O)n[nH]3)CC2)cc1. The lowest BCUT2D eigenvalue weighted by Gasteiger charge is -2.30. The predicted octanol–water partition coefficient (Wildman–Crippen LogP) is 1.26. The first-order chi connectivity index (χ1) is 13.3. The molecule has 150 valence electrons. The molecule has 4 N–H and O–H groups in total. The highest BCUT2D eigenvalue weighted by Crippen LogP contribution is 2.30. The number of nitrogens with two attached hydrogens (primary N) is 1. The highest BCUT2D eigenvalue weighted by atomic mass is 32.2. The van der Waals surface area contributed by atoms with Gasteiger partial charge in [0.2, 0.25) is 10.0 Å². The third-order valence-electron chi connectivity index (χ3n) is 4.67. The van der Waals surface area contributed by atoms with Crippen LogP contribution in [-0.4, -0.2) is 55.1 Å². The number of nitrogens with zero attached hydrogens (tertiary/aromatic N) is 2. The highest BCUT2D eigenvalue weighted by Gasteiger charge is 2.30. The molecule has 0 spiro atoms. The molecule has 1 fully saturated rings. The van der Waals surface area contributed by atoms with E-state index in [9.17, 15) is 18.0 Å². The number of anilines is 1. The smallest absolute Gasteiger partial charge is 0.411 e. The van der Waals surface area contributed by atoms with E-state index < -0.39 is 22.0 Å². The standard InChI is InChI=1S/C17H21N5O5S/c1-27-17(24)19-12-2-4-13(5-3-12)28(25,26)22-8-6-11(7-9-22)14-10-15(16(18)23)21-20-14/h2-5,10-11H,6-9H2,1H3,(H2,18,23)(H,19,24)(H,20,21). The van der Waals surface area contributed by atoms with Gasteiger partial charge in [-0.25, -0.2) is 13.2 Å². The zero-order valence-electron chi connectivity index (χ0n) is 15.2. The van der Waals surface area contributed by atoms with Crippen molar-refractivity contribution >= 4 is 27.7 Å². The summed E-state index contributed by atoms with van der Waals surface area (Å²) in [7, 11) is -2.39. The van der Waals surface area contributed by atoms with Crippen molar-refractivity contribution in [3.63, 3.8) is 0 Å². The van der Waals surface area contributed by atoms with Crippen molar-refractivity contribution in [2.75, 3.05) is 25.5 Å². The predicted molar refractivity (Wildman–Crippen MR) is 100 cm³/mol. The Morgan fingerprint density at radius 3 is 2.43 bits per heavy atom. The zero-order chi connectivity index (χ0) is 20.3. The maximum Gasteiger partial charge on any atom is 0.411 e. The fourth-order valence-electron chi connectivity index (χ4n) is 3.11. The van der Waals surface area contributed by atoms with E-state index >= 15 is 0 Å². The molecule has 0 bridgehead atoms. The molecule has 1 aromatic carbocycles. The number of ether oxygens (including phenoxy) is 1. The monoisotopic (exact) mass is 407 g/mol. The third-order valence-corrected chi connectivity index (χ3v) is 6.58. The van der Waals surface area contributed by atoms with Crippen LogP contribution in [-0.2, 0) is 14.8 Å². The third kappa shape index (κ3) is 4.15. The Labute approximate surface area is 162 Å². The number of sulfonamides is 1. The fourth-order valence-corrected chi connectivity index (χ4v) is 4.58. The lowest BCUT2D eigenvalue weighted by atomic mass is 9.94. The average molecular weight is 407 g/mol. The van der Waals surface area contributed by atoms with E-state index in [2.05, 4.69) is 20.3 Å². The number of H-pyrrole nitrogens is 1. The van der Waals surface area contributed by atoms with Crippen LogP contribution in [0.25, 0.3) is 0 Å². The molecule has 1 saturated heterocycles. The number of hydrogen-bond acceptors (Lipinski definition) is 6. The highest BCUT2D eigenvalue weighted by molar-refractivity contribution is 7.89. The summed E-state index contributed by atoms with van der Waals surface area (Å²) in [5.41, 5.74) is 6.60. The molecule has 3 rings (SSSR count). The van der Waals surface area contributed by atoms with Gasteiger partial charge in [-0.3, -0.25) is 15.2 Å². The average Bonchev–Trinajstić information content (AvgIpc) is 3.19. The Hall–Kier alpha value is -2.92. The molecular formula is C17H21N5O5S. The Morgan fingerprint density at radius 2 is 1.89 bits per heavy atom. The number of hydrogen-bond donors (Lipinski definition) is 3. The molecule has 28 heavy (non-hydrogen) atoms. The summed E-state index contributed by atoms with van der Waals surface area (Å²) in [4.78, 5) is 22.5. The van der Waals surface area contributed by atoms with Crippen LogP contribution in [0.1, 0.15) is 34.9 Å². The summed E-state index contributed by atoms with van der Waals surface area (Å²) in [6.07, 6.45) is 0.569. The van der Waals surface area contributed by atoms with Crippen molar-refractivity contribution in [1.82, 2.24) is 14.5 Å². The van der Waals surface area contributed by atoms with Gasteiger partial charge in [0.1, 0.15) is 5.69 Å². The molecule has 1 aliphatic heterocycles. The van der Waals surface area contributed by atoms with E-state index in [1.807, 2.05) is 0 Å². The van der Waals surface area contributed by atoms with Crippen LogP contribution in [0.15, 0.2) is 35.2 Å². The second kappa shape index (κ2) is 7.98. The first-order valence-corrected chi connectivity index (χ1v) is 10.1. The van der Waals surface area contributed by atoms with E-state index in [0.717, 1.165) is 5.69 Å². The molecular weight excluding hydrogens is 386 g/mol. The molecule has 0 unspecified atom stereocenters. The minimum Gasteiger partial charge on any atom is -0.453 e. The van der Waals surface area contributed by atoms with Crippen LogP contribution in [0, 0.1) is 0 Å². The van der Waals surface area contributed by atoms with E-state index in [4.69, 9.17) is 5.73 Å². The number of benzene rings is 1. The van der Waals surface area contributed by atoms with Crippen LogP contribution < -0.4 is 11.1 Å². The molecule has 0 saturated carbocycles. The Kier molecular flexibility index (Phi) is 5.66. The first kappa shape index (κ1) is 19.8. The number of aromatic amines is 1. The topological polar surface area (TPSA) is 147 Å². The molecule has 10 nitrogen and oxygen atoms in total. The molecule has 11 heteroatoms.